The minimum atomic E-state index is -1.29. The monoisotopic (exact) mass is 242 g/mol. The van der Waals surface area contributed by atoms with Gasteiger partial charge in [0.25, 0.3) is 0 Å². The molecule has 1 aromatic rings. The van der Waals surface area contributed by atoms with Crippen LogP contribution in [0.3, 0.4) is 0 Å². The predicted octanol–water partition coefficient (Wildman–Crippen LogP) is 2.01. The number of carbonyl (C=O) groups is 1. The van der Waals surface area contributed by atoms with E-state index in [9.17, 15) is 4.79 Å². The zero-order chi connectivity index (χ0) is 9.84. The molecule has 0 atom stereocenters. The standard InChI is InChI=1S/C9H11AsO3/c1-10(2)13-8-6-4-3-5-7(8)9(11)12/h3-6H,1-2H3,(H,11,12). The second-order valence-electron chi connectivity index (χ2n) is 2.70. The van der Waals surface area contributed by atoms with Gasteiger partial charge < -0.3 is 0 Å². The van der Waals surface area contributed by atoms with E-state index in [1.807, 2.05) is 11.4 Å². The quantitative estimate of drug-likeness (QED) is 0.824. The summed E-state index contributed by atoms with van der Waals surface area (Å²) in [4.78, 5) is 10.7. The second-order valence-corrected chi connectivity index (χ2v) is 6.50. The number of hydrogen-bond donors (Lipinski definition) is 1. The molecule has 0 aliphatic carbocycles. The summed E-state index contributed by atoms with van der Waals surface area (Å²) in [5.41, 5.74) is 4.25. The first kappa shape index (κ1) is 10.1. The van der Waals surface area contributed by atoms with Gasteiger partial charge in [0, 0.05) is 0 Å². The SMILES string of the molecule is C[As](C)Oc1ccccc1C(=O)O. The zero-order valence-corrected chi connectivity index (χ0v) is 9.40. The molecular formula is C9H11AsO3. The van der Waals surface area contributed by atoms with Crippen molar-refractivity contribution in [3.63, 3.8) is 0 Å². The Bertz CT molecular complexity index is 309. The fourth-order valence-corrected chi connectivity index (χ4v) is 2.08. The Morgan fingerprint density at radius 3 is 2.54 bits per heavy atom. The van der Waals surface area contributed by atoms with Gasteiger partial charge in [-0.2, -0.15) is 0 Å². The summed E-state index contributed by atoms with van der Waals surface area (Å²) >= 11 is -1.29. The van der Waals surface area contributed by atoms with Crippen LogP contribution in [0.15, 0.2) is 24.3 Å². The molecule has 0 aliphatic heterocycles. The van der Waals surface area contributed by atoms with Crippen molar-refractivity contribution in [2.45, 2.75) is 11.4 Å². The van der Waals surface area contributed by atoms with Crippen LogP contribution in [0.1, 0.15) is 10.4 Å². The number of benzene rings is 1. The fourth-order valence-electron chi connectivity index (χ4n) is 0.920. The Labute approximate surface area is 82.0 Å². The molecule has 13 heavy (non-hydrogen) atoms. The van der Waals surface area contributed by atoms with E-state index in [4.69, 9.17) is 8.83 Å². The summed E-state index contributed by atoms with van der Waals surface area (Å²) in [7, 11) is 0. The Morgan fingerprint density at radius 1 is 1.38 bits per heavy atom. The van der Waals surface area contributed by atoms with E-state index in [1.54, 1.807) is 24.3 Å². The maximum absolute atomic E-state index is 10.7. The molecule has 3 nitrogen and oxygen atoms in total. The topological polar surface area (TPSA) is 46.5 Å². The summed E-state index contributed by atoms with van der Waals surface area (Å²) < 4.78 is 5.47. The van der Waals surface area contributed by atoms with Crippen LogP contribution >= 0.6 is 0 Å². The molecule has 0 bridgehead atoms. The molecular weight excluding hydrogens is 231 g/mol. The number of aromatic carboxylic acids is 1. The molecule has 0 saturated carbocycles. The molecule has 70 valence electrons. The number of hydrogen-bond acceptors (Lipinski definition) is 2. The van der Waals surface area contributed by atoms with Crippen molar-refractivity contribution in [1.82, 2.24) is 0 Å². The fraction of sp³-hybridized carbons (Fsp3) is 0.222. The summed E-state index contributed by atoms with van der Waals surface area (Å²) in [6.45, 7) is 0. The van der Waals surface area contributed by atoms with E-state index in [2.05, 4.69) is 0 Å². The van der Waals surface area contributed by atoms with Crippen molar-refractivity contribution in [1.29, 1.82) is 0 Å². The molecule has 0 amide bonds. The molecule has 1 N–H and O–H groups in total. The van der Waals surface area contributed by atoms with E-state index in [0.29, 0.717) is 5.75 Å². The first-order valence-corrected chi connectivity index (χ1v) is 8.31. The molecule has 4 heteroatoms. The molecule has 0 aromatic heterocycles. The van der Waals surface area contributed by atoms with Gasteiger partial charge in [-0.25, -0.2) is 0 Å². The van der Waals surface area contributed by atoms with Crippen LogP contribution in [0.25, 0.3) is 0 Å². The van der Waals surface area contributed by atoms with Crippen LogP contribution in [0.4, 0.5) is 0 Å². The Kier molecular flexibility index (Phi) is 3.38. The van der Waals surface area contributed by atoms with Gasteiger partial charge in [-0.15, -0.1) is 0 Å². The number of rotatable bonds is 3. The van der Waals surface area contributed by atoms with Crippen LogP contribution in [-0.2, 0) is 0 Å². The van der Waals surface area contributed by atoms with Crippen molar-refractivity contribution >= 4 is 21.0 Å². The van der Waals surface area contributed by atoms with Crippen molar-refractivity contribution < 1.29 is 13.6 Å². The van der Waals surface area contributed by atoms with Gasteiger partial charge >= 0.3 is 81.6 Å². The van der Waals surface area contributed by atoms with Crippen molar-refractivity contribution in [3.05, 3.63) is 29.8 Å². The van der Waals surface area contributed by atoms with Crippen molar-refractivity contribution in [2.75, 3.05) is 0 Å². The third kappa shape index (κ3) is 2.78. The van der Waals surface area contributed by atoms with Crippen LogP contribution in [0.2, 0.25) is 11.4 Å². The Balaban J connectivity index is 2.98. The third-order valence-electron chi connectivity index (χ3n) is 1.40. The van der Waals surface area contributed by atoms with E-state index in [-0.39, 0.29) is 5.56 Å². The van der Waals surface area contributed by atoms with Gasteiger partial charge in [-0.1, -0.05) is 0 Å². The van der Waals surface area contributed by atoms with Crippen molar-refractivity contribution in [2.24, 2.45) is 0 Å². The molecule has 0 aliphatic rings. The molecule has 0 unspecified atom stereocenters. The second kappa shape index (κ2) is 4.33. The molecule has 0 heterocycles. The predicted molar refractivity (Wildman–Crippen MR) is 51.5 cm³/mol. The van der Waals surface area contributed by atoms with Crippen LogP contribution in [0.5, 0.6) is 5.75 Å². The van der Waals surface area contributed by atoms with Gasteiger partial charge in [0.2, 0.25) is 0 Å². The number of carboxylic acid groups (broad SMARTS) is 1. The first-order valence-electron chi connectivity index (χ1n) is 3.79. The summed E-state index contributed by atoms with van der Waals surface area (Å²) in [6, 6.07) is 6.71. The molecule has 1 aromatic carbocycles. The third-order valence-corrected chi connectivity index (χ3v) is 2.58. The van der Waals surface area contributed by atoms with Gasteiger partial charge in [0.05, 0.1) is 0 Å². The minimum absolute atomic E-state index is 0.241. The van der Waals surface area contributed by atoms with E-state index < -0.39 is 21.0 Å². The van der Waals surface area contributed by atoms with Gasteiger partial charge in [0.1, 0.15) is 0 Å². The normalized spacial score (nSPS) is 10.1. The van der Waals surface area contributed by atoms with E-state index >= 15 is 0 Å². The number of para-hydroxylation sites is 1. The average molecular weight is 242 g/mol. The number of carboxylic acids is 1. The molecule has 0 saturated heterocycles. The summed E-state index contributed by atoms with van der Waals surface area (Å²) in [6.07, 6.45) is 0. The summed E-state index contributed by atoms with van der Waals surface area (Å²) in [5.74, 6) is -0.452. The zero-order valence-electron chi connectivity index (χ0n) is 7.52. The molecule has 0 fully saturated rings. The van der Waals surface area contributed by atoms with E-state index in [0.717, 1.165) is 0 Å². The summed E-state index contributed by atoms with van der Waals surface area (Å²) in [5, 5.41) is 8.81. The van der Waals surface area contributed by atoms with Gasteiger partial charge in [-0.3, -0.25) is 0 Å². The van der Waals surface area contributed by atoms with Crippen LogP contribution in [0, 0.1) is 0 Å². The van der Waals surface area contributed by atoms with Gasteiger partial charge in [-0.05, 0) is 0 Å². The van der Waals surface area contributed by atoms with E-state index in [1.165, 1.54) is 0 Å². The first-order chi connectivity index (χ1) is 6.11. The maximum atomic E-state index is 10.7. The van der Waals surface area contributed by atoms with Crippen LogP contribution in [-0.4, -0.2) is 26.1 Å². The Hall–Kier alpha value is -0.952. The molecule has 1 rings (SSSR count). The molecule has 0 spiro atoms. The average Bonchev–Trinajstić information content (AvgIpc) is 2.03. The van der Waals surface area contributed by atoms with Crippen LogP contribution < -0.4 is 3.73 Å². The van der Waals surface area contributed by atoms with Gasteiger partial charge in [0.15, 0.2) is 0 Å². The molecule has 0 radical (unpaired) electrons. The Morgan fingerprint density at radius 2 is 2.00 bits per heavy atom. The van der Waals surface area contributed by atoms with Crippen molar-refractivity contribution in [3.8, 4) is 5.75 Å².